The van der Waals surface area contributed by atoms with Crippen molar-refractivity contribution >= 4 is 15.9 Å². The number of ether oxygens (including phenoxy) is 2. The Labute approximate surface area is 178 Å². The van der Waals surface area contributed by atoms with E-state index in [1.54, 1.807) is 18.2 Å². The molecule has 2 aromatic carbocycles. The van der Waals surface area contributed by atoms with Crippen LogP contribution in [0.25, 0.3) is 0 Å². The van der Waals surface area contributed by atoms with Crippen molar-refractivity contribution in [2.24, 2.45) is 0 Å². The minimum absolute atomic E-state index is 0.124. The molecule has 0 radical (unpaired) electrons. The largest absolute Gasteiger partial charge is 0.496 e. The quantitative estimate of drug-likeness (QED) is 0.584. The van der Waals surface area contributed by atoms with E-state index in [2.05, 4.69) is 5.32 Å². The molecular formula is C22H28N2O5S. The van der Waals surface area contributed by atoms with Crippen LogP contribution in [-0.2, 0) is 21.2 Å². The first kappa shape index (κ1) is 22.1. The molecular weight excluding hydrogens is 404 g/mol. The summed E-state index contributed by atoms with van der Waals surface area (Å²) >= 11 is 0. The fourth-order valence-corrected chi connectivity index (χ4v) is 4.97. The molecule has 1 N–H and O–H groups in total. The lowest BCUT2D eigenvalue weighted by Gasteiger charge is -2.17. The molecule has 1 saturated heterocycles. The van der Waals surface area contributed by atoms with Gasteiger partial charge in [0.1, 0.15) is 18.1 Å². The van der Waals surface area contributed by atoms with Crippen molar-refractivity contribution in [2.75, 3.05) is 33.4 Å². The van der Waals surface area contributed by atoms with Crippen molar-refractivity contribution in [3.05, 3.63) is 54.1 Å². The van der Waals surface area contributed by atoms with Gasteiger partial charge in [0.05, 0.1) is 18.6 Å². The summed E-state index contributed by atoms with van der Waals surface area (Å²) in [6.45, 7) is 1.88. The molecule has 0 saturated carbocycles. The number of hydrogen-bond donors (Lipinski definition) is 1. The molecule has 7 nitrogen and oxygen atoms in total. The highest BCUT2D eigenvalue weighted by Crippen LogP contribution is 2.27. The van der Waals surface area contributed by atoms with Gasteiger partial charge in [-0.15, -0.1) is 0 Å². The smallest absolute Gasteiger partial charge is 0.243 e. The SMILES string of the molecule is COc1ccc(S(=O)(=O)N2CCCC2)cc1CCC(=O)NCCOc1ccccc1. The Morgan fingerprint density at radius 1 is 1.10 bits per heavy atom. The zero-order valence-corrected chi connectivity index (χ0v) is 18.0. The van der Waals surface area contributed by atoms with E-state index in [0.717, 1.165) is 18.6 Å². The van der Waals surface area contributed by atoms with Crippen molar-refractivity contribution in [3.63, 3.8) is 0 Å². The molecule has 0 aliphatic carbocycles. The van der Waals surface area contributed by atoms with Crippen molar-refractivity contribution in [1.29, 1.82) is 0 Å². The van der Waals surface area contributed by atoms with E-state index < -0.39 is 10.0 Å². The number of carbonyl (C=O) groups is 1. The van der Waals surface area contributed by atoms with E-state index in [4.69, 9.17) is 9.47 Å². The average molecular weight is 433 g/mol. The maximum Gasteiger partial charge on any atom is 0.243 e. The first-order chi connectivity index (χ1) is 14.5. The van der Waals surface area contributed by atoms with Gasteiger partial charge in [0.2, 0.25) is 15.9 Å². The minimum Gasteiger partial charge on any atom is -0.496 e. The maximum atomic E-state index is 12.8. The van der Waals surface area contributed by atoms with Crippen LogP contribution in [0.4, 0.5) is 0 Å². The van der Waals surface area contributed by atoms with Crippen molar-refractivity contribution in [1.82, 2.24) is 9.62 Å². The van der Waals surface area contributed by atoms with Crippen LogP contribution in [0.15, 0.2) is 53.4 Å². The van der Waals surface area contributed by atoms with E-state index in [1.807, 2.05) is 30.3 Å². The molecule has 0 aromatic heterocycles. The molecule has 8 heteroatoms. The molecule has 2 aromatic rings. The lowest BCUT2D eigenvalue weighted by atomic mass is 10.1. The summed E-state index contributed by atoms with van der Waals surface area (Å²) in [5, 5.41) is 2.82. The number of sulfonamides is 1. The summed E-state index contributed by atoms with van der Waals surface area (Å²) in [5.41, 5.74) is 0.702. The fraction of sp³-hybridized carbons (Fsp3) is 0.409. The molecule has 162 valence electrons. The van der Waals surface area contributed by atoms with Gasteiger partial charge in [0.15, 0.2) is 0 Å². The van der Waals surface area contributed by atoms with Gasteiger partial charge in [-0.1, -0.05) is 18.2 Å². The van der Waals surface area contributed by atoms with Gasteiger partial charge < -0.3 is 14.8 Å². The lowest BCUT2D eigenvalue weighted by molar-refractivity contribution is -0.121. The highest BCUT2D eigenvalue weighted by Gasteiger charge is 2.27. The van der Waals surface area contributed by atoms with Gasteiger partial charge >= 0.3 is 0 Å². The third-order valence-electron chi connectivity index (χ3n) is 5.01. The van der Waals surface area contributed by atoms with Crippen LogP contribution < -0.4 is 14.8 Å². The van der Waals surface area contributed by atoms with E-state index >= 15 is 0 Å². The van der Waals surface area contributed by atoms with E-state index in [0.29, 0.717) is 44.0 Å². The minimum atomic E-state index is -3.51. The molecule has 0 atom stereocenters. The topological polar surface area (TPSA) is 84.9 Å². The number of aryl methyl sites for hydroxylation is 1. The molecule has 1 aliphatic heterocycles. The summed E-state index contributed by atoms with van der Waals surface area (Å²) in [4.78, 5) is 12.4. The Balaban J connectivity index is 1.54. The van der Waals surface area contributed by atoms with E-state index in [1.165, 1.54) is 11.4 Å². The molecule has 30 heavy (non-hydrogen) atoms. The van der Waals surface area contributed by atoms with Gasteiger partial charge in [0.25, 0.3) is 0 Å². The Morgan fingerprint density at radius 2 is 1.83 bits per heavy atom. The number of rotatable bonds is 10. The van der Waals surface area contributed by atoms with Gasteiger partial charge in [-0.25, -0.2) is 8.42 Å². The molecule has 0 unspecified atom stereocenters. The molecule has 3 rings (SSSR count). The van der Waals surface area contributed by atoms with Crippen molar-refractivity contribution < 1.29 is 22.7 Å². The van der Waals surface area contributed by atoms with Crippen LogP contribution in [0, 0.1) is 0 Å². The van der Waals surface area contributed by atoms with Gasteiger partial charge in [-0.05, 0) is 55.2 Å². The Bertz CT molecular complexity index is 941. The van der Waals surface area contributed by atoms with Crippen molar-refractivity contribution in [3.8, 4) is 11.5 Å². The summed E-state index contributed by atoms with van der Waals surface area (Å²) < 4.78 is 38.0. The number of para-hydroxylation sites is 1. The zero-order chi connectivity index (χ0) is 21.4. The molecule has 1 aliphatic rings. The molecule has 0 bridgehead atoms. The fourth-order valence-electron chi connectivity index (χ4n) is 3.40. The lowest BCUT2D eigenvalue weighted by Crippen LogP contribution is -2.28. The van der Waals surface area contributed by atoms with Gasteiger partial charge in [-0.2, -0.15) is 4.31 Å². The first-order valence-electron chi connectivity index (χ1n) is 10.1. The number of amides is 1. The second-order valence-corrected chi connectivity index (χ2v) is 9.03. The summed E-state index contributed by atoms with van der Waals surface area (Å²) in [5.74, 6) is 1.21. The normalized spacial score (nSPS) is 14.4. The molecule has 1 fully saturated rings. The number of carbonyl (C=O) groups excluding carboxylic acids is 1. The Hall–Kier alpha value is -2.58. The van der Waals surface area contributed by atoms with Gasteiger partial charge in [0, 0.05) is 19.5 Å². The van der Waals surface area contributed by atoms with Crippen LogP contribution in [0.2, 0.25) is 0 Å². The highest BCUT2D eigenvalue weighted by atomic mass is 32.2. The molecule has 0 spiro atoms. The van der Waals surface area contributed by atoms with Crippen LogP contribution >= 0.6 is 0 Å². The zero-order valence-electron chi connectivity index (χ0n) is 17.2. The van der Waals surface area contributed by atoms with Crippen LogP contribution in [0.1, 0.15) is 24.8 Å². The highest BCUT2D eigenvalue weighted by molar-refractivity contribution is 7.89. The molecule has 1 amide bonds. The third kappa shape index (κ3) is 5.73. The summed E-state index contributed by atoms with van der Waals surface area (Å²) in [6.07, 6.45) is 2.39. The van der Waals surface area contributed by atoms with E-state index in [-0.39, 0.29) is 17.2 Å². The average Bonchev–Trinajstić information content (AvgIpc) is 3.32. The molecule has 1 heterocycles. The van der Waals surface area contributed by atoms with Crippen LogP contribution in [0.5, 0.6) is 11.5 Å². The number of methoxy groups -OCH3 is 1. The number of benzene rings is 2. The Morgan fingerprint density at radius 3 is 2.53 bits per heavy atom. The second-order valence-electron chi connectivity index (χ2n) is 7.10. The first-order valence-corrected chi connectivity index (χ1v) is 11.6. The number of nitrogens with zero attached hydrogens (tertiary/aromatic N) is 1. The summed E-state index contributed by atoms with van der Waals surface area (Å²) in [6, 6.07) is 14.3. The van der Waals surface area contributed by atoms with E-state index in [9.17, 15) is 13.2 Å². The van der Waals surface area contributed by atoms with Crippen LogP contribution in [-0.4, -0.2) is 52.0 Å². The standard InChI is InChI=1S/C22H28N2O5S/c1-28-21-11-10-20(30(26,27)24-14-5-6-15-24)17-18(21)9-12-22(25)23-13-16-29-19-7-3-2-4-8-19/h2-4,7-8,10-11,17H,5-6,9,12-16H2,1H3,(H,23,25). The number of nitrogens with one attached hydrogen (secondary N) is 1. The second kappa shape index (κ2) is 10.4. The predicted molar refractivity (Wildman–Crippen MR) is 114 cm³/mol. The maximum absolute atomic E-state index is 12.8. The van der Waals surface area contributed by atoms with Crippen molar-refractivity contribution in [2.45, 2.75) is 30.6 Å². The Kier molecular flexibility index (Phi) is 7.70. The monoisotopic (exact) mass is 432 g/mol. The predicted octanol–water partition coefficient (Wildman–Crippen LogP) is 2.61. The summed E-state index contributed by atoms with van der Waals surface area (Å²) in [7, 11) is -1.97. The number of hydrogen-bond acceptors (Lipinski definition) is 5. The third-order valence-corrected chi connectivity index (χ3v) is 6.91. The van der Waals surface area contributed by atoms with Gasteiger partial charge in [-0.3, -0.25) is 4.79 Å². The van der Waals surface area contributed by atoms with Crippen LogP contribution in [0.3, 0.4) is 0 Å².